The average molecular weight is 300 g/mol. The van der Waals surface area contributed by atoms with Gasteiger partial charge in [-0.25, -0.2) is 4.98 Å². The van der Waals surface area contributed by atoms with Crippen LogP contribution in [0.25, 0.3) is 0 Å². The molecule has 1 aromatic heterocycles. The highest BCUT2D eigenvalue weighted by Gasteiger charge is 2.36. The molecule has 2 heterocycles. The van der Waals surface area contributed by atoms with Gasteiger partial charge in [0.1, 0.15) is 5.60 Å². The van der Waals surface area contributed by atoms with Gasteiger partial charge in [-0.05, 0) is 6.42 Å². The van der Waals surface area contributed by atoms with Crippen molar-refractivity contribution in [1.29, 1.82) is 0 Å². The van der Waals surface area contributed by atoms with Crippen LogP contribution in [0.2, 0.25) is 0 Å². The van der Waals surface area contributed by atoms with Crippen molar-refractivity contribution in [2.45, 2.75) is 37.1 Å². The Hall–Kier alpha value is -1.05. The van der Waals surface area contributed by atoms with Gasteiger partial charge in [0, 0.05) is 32.0 Å². The molecule has 7 heteroatoms. The average Bonchev–Trinajstić information content (AvgIpc) is 3.04. The summed E-state index contributed by atoms with van der Waals surface area (Å²) < 4.78 is 13.2. The van der Waals surface area contributed by atoms with E-state index < -0.39 is 5.97 Å². The number of aliphatic carboxylic acids is 1. The lowest BCUT2D eigenvalue weighted by atomic mass is 10.0. The summed E-state index contributed by atoms with van der Waals surface area (Å²) in [5, 5.41) is 9.54. The van der Waals surface area contributed by atoms with Crippen molar-refractivity contribution in [1.82, 2.24) is 9.55 Å². The van der Waals surface area contributed by atoms with Crippen molar-refractivity contribution >= 4 is 17.7 Å². The number of carboxylic acids is 1. The summed E-state index contributed by atoms with van der Waals surface area (Å²) in [6.07, 6.45) is 3.50. The van der Waals surface area contributed by atoms with Crippen LogP contribution in [0.1, 0.15) is 19.0 Å². The molecule has 112 valence electrons. The lowest BCUT2D eigenvalue weighted by Gasteiger charge is -2.27. The maximum Gasteiger partial charge on any atom is 0.313 e. The van der Waals surface area contributed by atoms with Crippen molar-refractivity contribution in [2.24, 2.45) is 0 Å². The first-order valence-electron chi connectivity index (χ1n) is 6.62. The summed E-state index contributed by atoms with van der Waals surface area (Å²) in [6.45, 7) is 3.97. The van der Waals surface area contributed by atoms with Crippen LogP contribution in [0.4, 0.5) is 0 Å². The highest BCUT2D eigenvalue weighted by atomic mass is 32.2. The predicted molar refractivity (Wildman–Crippen MR) is 75.1 cm³/mol. The third-order valence-corrected chi connectivity index (χ3v) is 4.51. The Kier molecular flexibility index (Phi) is 5.06. The third kappa shape index (κ3) is 3.34. The smallest absolute Gasteiger partial charge is 0.313 e. The van der Waals surface area contributed by atoms with Crippen LogP contribution in [-0.4, -0.2) is 52.3 Å². The first-order chi connectivity index (χ1) is 9.60. The Labute approximate surface area is 122 Å². The summed E-state index contributed by atoms with van der Waals surface area (Å²) in [5.74, 6) is -0.829. The fraction of sp³-hybridized carbons (Fsp3) is 0.692. The van der Waals surface area contributed by atoms with Crippen molar-refractivity contribution in [3.05, 3.63) is 11.9 Å². The van der Waals surface area contributed by atoms with Crippen LogP contribution in [0.3, 0.4) is 0 Å². The lowest BCUT2D eigenvalue weighted by molar-refractivity contribution is -0.133. The van der Waals surface area contributed by atoms with Gasteiger partial charge in [0.15, 0.2) is 5.16 Å². The maximum atomic E-state index is 10.7. The number of imidazole rings is 1. The van der Waals surface area contributed by atoms with E-state index in [0.717, 1.165) is 23.7 Å². The molecule has 0 aromatic carbocycles. The zero-order chi connectivity index (χ0) is 14.6. The van der Waals surface area contributed by atoms with E-state index in [4.69, 9.17) is 14.6 Å². The molecule has 1 aliphatic heterocycles. The molecule has 0 radical (unpaired) electrons. The normalized spacial score (nSPS) is 22.3. The molecule has 1 N–H and O–H groups in total. The molecular formula is C13H20N2O4S. The number of ether oxygens (including phenoxy) is 2. The number of aromatic nitrogens is 2. The second-order valence-corrected chi connectivity index (χ2v) is 5.79. The molecule has 1 aromatic rings. The third-order valence-electron chi connectivity index (χ3n) is 3.54. The number of methoxy groups -OCH3 is 1. The first kappa shape index (κ1) is 15.3. The van der Waals surface area contributed by atoms with Gasteiger partial charge in [0.2, 0.25) is 0 Å². The fourth-order valence-electron chi connectivity index (χ4n) is 2.31. The van der Waals surface area contributed by atoms with Gasteiger partial charge in [-0.1, -0.05) is 18.7 Å². The zero-order valence-electron chi connectivity index (χ0n) is 11.8. The number of hydrogen-bond donors (Lipinski definition) is 1. The molecule has 2 rings (SSSR count). The Morgan fingerprint density at radius 1 is 1.70 bits per heavy atom. The first-order valence-corrected chi connectivity index (χ1v) is 7.60. The van der Waals surface area contributed by atoms with Crippen LogP contribution < -0.4 is 0 Å². The zero-order valence-corrected chi connectivity index (χ0v) is 12.6. The van der Waals surface area contributed by atoms with Crippen LogP contribution in [0, 0.1) is 0 Å². The standard InChI is InChI=1S/C13H20N2O4S/c1-3-10-6-14-12(20-7-11(16)17)15(10)8-13(18-2)4-5-19-9-13/h6H,3-5,7-9H2,1-2H3,(H,16,17). The molecule has 6 nitrogen and oxygen atoms in total. The Morgan fingerprint density at radius 3 is 3.05 bits per heavy atom. The molecule has 0 aliphatic carbocycles. The lowest BCUT2D eigenvalue weighted by Crippen LogP contribution is -2.37. The van der Waals surface area contributed by atoms with E-state index in [1.54, 1.807) is 7.11 Å². The van der Waals surface area contributed by atoms with Crippen molar-refractivity contribution in [3.8, 4) is 0 Å². The molecule has 1 aliphatic rings. The Morgan fingerprint density at radius 2 is 2.50 bits per heavy atom. The van der Waals surface area contributed by atoms with E-state index in [-0.39, 0.29) is 11.4 Å². The molecule has 0 bridgehead atoms. The van der Waals surface area contributed by atoms with Gasteiger partial charge in [0.25, 0.3) is 0 Å². The SMILES string of the molecule is CCc1cnc(SCC(=O)O)n1CC1(OC)CCOC1. The van der Waals surface area contributed by atoms with Crippen LogP contribution in [0.15, 0.2) is 11.4 Å². The van der Waals surface area contributed by atoms with E-state index >= 15 is 0 Å². The number of aryl methyl sites for hydroxylation is 1. The summed E-state index contributed by atoms with van der Waals surface area (Å²) in [4.78, 5) is 15.1. The van der Waals surface area contributed by atoms with Gasteiger partial charge in [-0.15, -0.1) is 0 Å². The molecule has 0 saturated carbocycles. The topological polar surface area (TPSA) is 73.6 Å². The van der Waals surface area contributed by atoms with Gasteiger partial charge in [-0.3, -0.25) is 4.79 Å². The second kappa shape index (κ2) is 6.60. The molecule has 20 heavy (non-hydrogen) atoms. The van der Waals surface area contributed by atoms with Crippen LogP contribution in [-0.2, 0) is 27.2 Å². The van der Waals surface area contributed by atoms with Gasteiger partial charge in [-0.2, -0.15) is 0 Å². The Balaban J connectivity index is 2.19. The predicted octanol–water partition coefficient (Wildman–Crippen LogP) is 1.43. The highest BCUT2D eigenvalue weighted by molar-refractivity contribution is 7.99. The minimum Gasteiger partial charge on any atom is -0.481 e. The quantitative estimate of drug-likeness (QED) is 0.768. The molecule has 0 spiro atoms. The summed E-state index contributed by atoms with van der Waals surface area (Å²) in [6, 6.07) is 0. The van der Waals surface area contributed by atoms with E-state index in [1.165, 1.54) is 11.8 Å². The van der Waals surface area contributed by atoms with Crippen molar-refractivity contribution < 1.29 is 19.4 Å². The summed E-state index contributed by atoms with van der Waals surface area (Å²) in [7, 11) is 1.70. The number of hydrogen-bond acceptors (Lipinski definition) is 5. The van der Waals surface area contributed by atoms with Gasteiger partial charge >= 0.3 is 5.97 Å². The number of carbonyl (C=O) groups is 1. The molecule has 1 atom stereocenters. The maximum absolute atomic E-state index is 10.7. The minimum atomic E-state index is -0.840. The molecule has 0 amide bonds. The van der Waals surface area contributed by atoms with Crippen LogP contribution >= 0.6 is 11.8 Å². The highest BCUT2D eigenvalue weighted by Crippen LogP contribution is 2.28. The fourth-order valence-corrected chi connectivity index (χ4v) is 3.03. The van der Waals surface area contributed by atoms with Crippen molar-refractivity contribution in [2.75, 3.05) is 26.1 Å². The van der Waals surface area contributed by atoms with E-state index in [9.17, 15) is 4.79 Å². The molecule has 1 saturated heterocycles. The monoisotopic (exact) mass is 300 g/mol. The van der Waals surface area contributed by atoms with Gasteiger partial charge in [0.05, 0.1) is 18.9 Å². The Bertz CT molecular complexity index is 469. The number of rotatable bonds is 7. The molecule has 1 unspecified atom stereocenters. The van der Waals surface area contributed by atoms with Crippen molar-refractivity contribution in [3.63, 3.8) is 0 Å². The number of thioether (sulfide) groups is 1. The van der Waals surface area contributed by atoms with Gasteiger partial charge < -0.3 is 19.1 Å². The number of nitrogens with zero attached hydrogens (tertiary/aromatic N) is 2. The second-order valence-electron chi connectivity index (χ2n) is 4.84. The molecule has 1 fully saturated rings. The summed E-state index contributed by atoms with van der Waals surface area (Å²) >= 11 is 1.24. The molecular weight excluding hydrogens is 280 g/mol. The minimum absolute atomic E-state index is 0.0106. The van der Waals surface area contributed by atoms with E-state index in [1.807, 2.05) is 6.20 Å². The van der Waals surface area contributed by atoms with Crippen LogP contribution in [0.5, 0.6) is 0 Å². The van der Waals surface area contributed by atoms with E-state index in [2.05, 4.69) is 16.5 Å². The number of carboxylic acid groups (broad SMARTS) is 1. The summed E-state index contributed by atoms with van der Waals surface area (Å²) in [5.41, 5.74) is 0.754. The van der Waals surface area contributed by atoms with E-state index in [0.29, 0.717) is 19.8 Å². The largest absolute Gasteiger partial charge is 0.481 e.